The Bertz CT molecular complexity index is 482. The molecule has 20 heavy (non-hydrogen) atoms. The Hall–Kier alpha value is -1.55. The first-order chi connectivity index (χ1) is 9.74. The molecule has 1 aromatic carbocycles. The summed E-state index contributed by atoms with van der Waals surface area (Å²) in [4.78, 5) is 16.8. The second-order valence-electron chi connectivity index (χ2n) is 5.86. The van der Waals surface area contributed by atoms with Gasteiger partial charge in [-0.25, -0.2) is 0 Å². The number of likely N-dealkylation sites (N-methyl/N-ethyl adjacent to an activating group) is 1. The van der Waals surface area contributed by atoms with Gasteiger partial charge in [-0.15, -0.1) is 0 Å². The third-order valence-corrected chi connectivity index (χ3v) is 4.41. The topological polar surface area (TPSA) is 35.6 Å². The van der Waals surface area contributed by atoms with Crippen molar-refractivity contribution in [1.29, 1.82) is 0 Å². The van der Waals surface area contributed by atoms with E-state index in [0.717, 1.165) is 32.6 Å². The number of anilines is 1. The van der Waals surface area contributed by atoms with Crippen LogP contribution in [0, 0.1) is 0 Å². The molecule has 2 aliphatic rings. The predicted octanol–water partition coefficient (Wildman–Crippen LogP) is 1.61. The van der Waals surface area contributed by atoms with E-state index in [4.69, 9.17) is 0 Å². The Labute approximate surface area is 120 Å². The molecule has 108 valence electrons. The van der Waals surface area contributed by atoms with Crippen LogP contribution in [-0.2, 0) is 11.3 Å². The summed E-state index contributed by atoms with van der Waals surface area (Å²) in [6, 6.07) is 8.78. The predicted molar refractivity (Wildman–Crippen MR) is 80.8 cm³/mol. The number of fused-ring (bicyclic) bond motifs is 1. The van der Waals surface area contributed by atoms with Crippen molar-refractivity contribution in [2.24, 2.45) is 0 Å². The zero-order valence-corrected chi connectivity index (χ0v) is 12.1. The standard InChI is InChI=1S/C16H23N3O/c1-18-9-10-19(12-13-5-2-3-7-15(13)18)16(20)11-14-6-4-8-17-14/h2-3,5,7,14,17H,4,6,8-12H2,1H3. The zero-order chi connectivity index (χ0) is 13.9. The van der Waals surface area contributed by atoms with E-state index in [9.17, 15) is 4.79 Å². The van der Waals surface area contributed by atoms with Gasteiger partial charge >= 0.3 is 0 Å². The van der Waals surface area contributed by atoms with Gasteiger partial charge in [0.25, 0.3) is 0 Å². The Kier molecular flexibility index (Phi) is 3.92. The fourth-order valence-corrected chi connectivity index (χ4v) is 3.18. The highest BCUT2D eigenvalue weighted by Crippen LogP contribution is 2.24. The monoisotopic (exact) mass is 273 g/mol. The minimum atomic E-state index is 0.287. The Morgan fingerprint density at radius 1 is 1.35 bits per heavy atom. The number of benzene rings is 1. The first-order valence-corrected chi connectivity index (χ1v) is 7.54. The lowest BCUT2D eigenvalue weighted by molar-refractivity contribution is -0.132. The van der Waals surface area contributed by atoms with Crippen molar-refractivity contribution in [3.63, 3.8) is 0 Å². The highest BCUT2D eigenvalue weighted by atomic mass is 16.2. The summed E-state index contributed by atoms with van der Waals surface area (Å²) in [5.41, 5.74) is 2.50. The summed E-state index contributed by atoms with van der Waals surface area (Å²) in [6.07, 6.45) is 2.98. The lowest BCUT2D eigenvalue weighted by Crippen LogP contribution is -2.37. The van der Waals surface area contributed by atoms with Crippen LogP contribution < -0.4 is 10.2 Å². The number of hydrogen-bond acceptors (Lipinski definition) is 3. The molecular weight excluding hydrogens is 250 g/mol. The average Bonchev–Trinajstić information content (AvgIpc) is 2.90. The summed E-state index contributed by atoms with van der Waals surface area (Å²) in [5, 5.41) is 3.41. The van der Waals surface area contributed by atoms with E-state index < -0.39 is 0 Å². The Morgan fingerprint density at radius 3 is 3.00 bits per heavy atom. The number of nitrogens with one attached hydrogen (secondary N) is 1. The normalized spacial score (nSPS) is 22.6. The minimum absolute atomic E-state index is 0.287. The molecule has 4 heteroatoms. The second kappa shape index (κ2) is 5.83. The molecule has 1 N–H and O–H groups in total. The minimum Gasteiger partial charge on any atom is -0.373 e. The molecule has 1 fully saturated rings. The summed E-state index contributed by atoms with van der Waals surface area (Å²) < 4.78 is 0. The number of para-hydroxylation sites is 1. The number of carbonyl (C=O) groups is 1. The first-order valence-electron chi connectivity index (χ1n) is 7.54. The van der Waals surface area contributed by atoms with Crippen molar-refractivity contribution in [2.45, 2.75) is 31.8 Å². The van der Waals surface area contributed by atoms with Crippen molar-refractivity contribution in [3.05, 3.63) is 29.8 Å². The van der Waals surface area contributed by atoms with Crippen LogP contribution in [0.3, 0.4) is 0 Å². The average molecular weight is 273 g/mol. The van der Waals surface area contributed by atoms with E-state index in [-0.39, 0.29) is 5.91 Å². The van der Waals surface area contributed by atoms with Crippen molar-refractivity contribution in [1.82, 2.24) is 10.2 Å². The Balaban J connectivity index is 1.70. The van der Waals surface area contributed by atoms with Gasteiger partial charge in [0.2, 0.25) is 5.91 Å². The molecule has 0 aromatic heterocycles. The molecule has 4 nitrogen and oxygen atoms in total. The number of hydrogen-bond donors (Lipinski definition) is 1. The van der Waals surface area contributed by atoms with Crippen LogP contribution in [0.5, 0.6) is 0 Å². The maximum Gasteiger partial charge on any atom is 0.224 e. The van der Waals surface area contributed by atoms with E-state index in [1.807, 2.05) is 4.90 Å². The number of amides is 1. The quantitative estimate of drug-likeness (QED) is 0.889. The summed E-state index contributed by atoms with van der Waals surface area (Å²) >= 11 is 0. The van der Waals surface area contributed by atoms with Crippen LogP contribution in [0.25, 0.3) is 0 Å². The molecule has 3 rings (SSSR count). The van der Waals surface area contributed by atoms with Crippen molar-refractivity contribution in [2.75, 3.05) is 31.6 Å². The molecule has 2 aliphatic heterocycles. The van der Waals surface area contributed by atoms with Crippen LogP contribution in [0.2, 0.25) is 0 Å². The molecule has 0 spiro atoms. The summed E-state index contributed by atoms with van der Waals surface area (Å²) in [7, 11) is 2.10. The van der Waals surface area contributed by atoms with Crippen molar-refractivity contribution in [3.8, 4) is 0 Å². The number of nitrogens with zero attached hydrogens (tertiary/aromatic N) is 2. The molecule has 0 saturated carbocycles. The third kappa shape index (κ3) is 2.80. The molecule has 1 saturated heterocycles. The van der Waals surface area contributed by atoms with Gasteiger partial charge in [0.05, 0.1) is 0 Å². The molecule has 1 atom stereocenters. The van der Waals surface area contributed by atoms with E-state index in [0.29, 0.717) is 12.5 Å². The van der Waals surface area contributed by atoms with Crippen LogP contribution in [0.15, 0.2) is 24.3 Å². The van der Waals surface area contributed by atoms with E-state index in [1.54, 1.807) is 0 Å². The van der Waals surface area contributed by atoms with E-state index in [1.165, 1.54) is 17.7 Å². The summed E-state index contributed by atoms with van der Waals surface area (Å²) in [6.45, 7) is 3.52. The molecule has 2 heterocycles. The van der Waals surface area contributed by atoms with Crippen LogP contribution in [0.1, 0.15) is 24.8 Å². The van der Waals surface area contributed by atoms with Gasteiger partial charge in [0.15, 0.2) is 0 Å². The van der Waals surface area contributed by atoms with Gasteiger partial charge in [-0.05, 0) is 31.0 Å². The highest BCUT2D eigenvalue weighted by molar-refractivity contribution is 5.77. The van der Waals surface area contributed by atoms with Gasteiger partial charge in [-0.2, -0.15) is 0 Å². The van der Waals surface area contributed by atoms with Gasteiger partial charge in [-0.3, -0.25) is 4.79 Å². The van der Waals surface area contributed by atoms with Crippen LogP contribution in [0.4, 0.5) is 5.69 Å². The summed E-state index contributed by atoms with van der Waals surface area (Å²) in [5.74, 6) is 0.287. The highest BCUT2D eigenvalue weighted by Gasteiger charge is 2.24. The van der Waals surface area contributed by atoms with E-state index in [2.05, 4.69) is 41.5 Å². The molecule has 1 aromatic rings. The molecule has 0 aliphatic carbocycles. The molecule has 0 bridgehead atoms. The fourth-order valence-electron chi connectivity index (χ4n) is 3.18. The van der Waals surface area contributed by atoms with E-state index >= 15 is 0 Å². The maximum absolute atomic E-state index is 12.5. The van der Waals surface area contributed by atoms with Gasteiger partial charge < -0.3 is 15.1 Å². The lowest BCUT2D eigenvalue weighted by Gasteiger charge is -2.22. The van der Waals surface area contributed by atoms with Gasteiger partial charge in [0, 0.05) is 44.8 Å². The largest absolute Gasteiger partial charge is 0.373 e. The van der Waals surface area contributed by atoms with Crippen molar-refractivity contribution < 1.29 is 4.79 Å². The molecular formula is C16H23N3O. The maximum atomic E-state index is 12.5. The Morgan fingerprint density at radius 2 is 2.20 bits per heavy atom. The lowest BCUT2D eigenvalue weighted by atomic mass is 10.1. The van der Waals surface area contributed by atoms with Crippen molar-refractivity contribution >= 4 is 11.6 Å². The smallest absolute Gasteiger partial charge is 0.224 e. The molecule has 0 radical (unpaired) electrons. The number of rotatable bonds is 2. The fraction of sp³-hybridized carbons (Fsp3) is 0.562. The molecule has 1 unspecified atom stereocenters. The van der Waals surface area contributed by atoms with Gasteiger partial charge in [-0.1, -0.05) is 18.2 Å². The number of carbonyl (C=O) groups excluding carboxylic acids is 1. The van der Waals surface area contributed by atoms with Crippen LogP contribution in [-0.4, -0.2) is 43.5 Å². The zero-order valence-electron chi connectivity index (χ0n) is 12.1. The third-order valence-electron chi connectivity index (χ3n) is 4.41. The van der Waals surface area contributed by atoms with Gasteiger partial charge in [0.1, 0.15) is 0 Å². The molecule has 1 amide bonds. The first kappa shape index (κ1) is 13.4. The SMILES string of the molecule is CN1CCN(C(=O)CC2CCCN2)Cc2ccccc21. The second-order valence-corrected chi connectivity index (χ2v) is 5.86. The van der Waals surface area contributed by atoms with Crippen LogP contribution >= 0.6 is 0 Å².